The van der Waals surface area contributed by atoms with Gasteiger partial charge in [-0.2, -0.15) is 0 Å². The summed E-state index contributed by atoms with van der Waals surface area (Å²) in [5.41, 5.74) is -1.65. The molecule has 1 aromatic heterocycles. The number of ether oxygens (including phenoxy) is 3. The lowest BCUT2D eigenvalue weighted by Crippen LogP contribution is -2.60. The number of alkyl carbamates (subject to hydrolysis) is 1. The standard InChI is InChI=1S/C41H55F2N5O9S/c1-22-11-16-32-28(22)10-8-6-7-9-24-17-23-12-13-25(55-5)18-30(23)44-36(24)56-26-19-31(48(21-26)37(50)33(40(2,3)4)45-39(52)57-32)35(49)46-41(20-29(41)34(42)43)38(51)47-58(53,54)27-14-15-27/h12-13,17-18,22,26-29,31-34H,6-11,14-16,19-21H2,1-5H3,(H,45,52)(H,46,49)(H,47,51)/t22-,26+,28+,29-,31-,32+,33+,41+/m0/s1. The van der Waals surface area contributed by atoms with Gasteiger partial charge in [-0.3, -0.25) is 19.1 Å². The summed E-state index contributed by atoms with van der Waals surface area (Å²) >= 11 is 0. The minimum absolute atomic E-state index is 0.116. The number of amides is 4. The van der Waals surface area contributed by atoms with Crippen molar-refractivity contribution in [1.29, 1.82) is 0 Å². The van der Waals surface area contributed by atoms with Gasteiger partial charge in [0, 0.05) is 23.4 Å². The summed E-state index contributed by atoms with van der Waals surface area (Å²) in [6, 6.07) is 5.02. The van der Waals surface area contributed by atoms with Gasteiger partial charge in [0.15, 0.2) is 0 Å². The van der Waals surface area contributed by atoms with Crippen LogP contribution in [-0.4, -0.2) is 97.3 Å². The molecule has 17 heteroatoms. The van der Waals surface area contributed by atoms with Crippen molar-refractivity contribution in [2.45, 2.75) is 140 Å². The smallest absolute Gasteiger partial charge is 0.408 e. The molecule has 0 spiro atoms. The van der Waals surface area contributed by atoms with Gasteiger partial charge >= 0.3 is 6.09 Å². The second kappa shape index (κ2) is 16.1. The molecule has 0 unspecified atom stereocenters. The minimum atomic E-state index is -4.13. The molecule has 2 aromatic rings. The summed E-state index contributed by atoms with van der Waals surface area (Å²) in [6.45, 7) is 7.31. The van der Waals surface area contributed by atoms with Gasteiger partial charge in [-0.25, -0.2) is 27.0 Å². The van der Waals surface area contributed by atoms with Crippen molar-refractivity contribution in [3.63, 3.8) is 0 Å². The lowest BCUT2D eigenvalue weighted by atomic mass is 9.85. The number of alkyl halides is 2. The highest BCUT2D eigenvalue weighted by molar-refractivity contribution is 7.91. The van der Waals surface area contributed by atoms with Crippen molar-refractivity contribution in [1.82, 2.24) is 25.2 Å². The first-order valence-electron chi connectivity index (χ1n) is 20.5. The van der Waals surface area contributed by atoms with Crippen LogP contribution in [0.1, 0.15) is 97.5 Å². The molecule has 0 radical (unpaired) electrons. The molecule has 318 valence electrons. The van der Waals surface area contributed by atoms with Crippen molar-refractivity contribution in [3.05, 3.63) is 29.8 Å². The summed E-state index contributed by atoms with van der Waals surface area (Å²) in [6.07, 6.45) is 0.908. The Kier molecular flexibility index (Phi) is 11.6. The second-order valence-electron chi connectivity index (χ2n) is 18.0. The molecule has 3 saturated carbocycles. The molecule has 2 bridgehead atoms. The van der Waals surface area contributed by atoms with E-state index in [9.17, 15) is 36.4 Å². The van der Waals surface area contributed by atoms with E-state index >= 15 is 0 Å². The number of sulfonamides is 1. The van der Waals surface area contributed by atoms with Crippen LogP contribution in [0, 0.1) is 23.2 Å². The number of hydrogen-bond acceptors (Lipinski definition) is 10. The third-order valence-corrected chi connectivity index (χ3v) is 14.5. The van der Waals surface area contributed by atoms with Crippen LogP contribution in [0.2, 0.25) is 0 Å². The molecule has 8 atom stereocenters. The molecule has 58 heavy (non-hydrogen) atoms. The molecule has 4 fully saturated rings. The number of rotatable bonds is 7. The zero-order valence-electron chi connectivity index (χ0n) is 33.7. The summed E-state index contributed by atoms with van der Waals surface area (Å²) in [5, 5.41) is 5.32. The molecule has 5 aliphatic rings. The Labute approximate surface area is 337 Å². The van der Waals surface area contributed by atoms with Crippen molar-refractivity contribution >= 4 is 44.7 Å². The van der Waals surface area contributed by atoms with Crippen molar-refractivity contribution in [3.8, 4) is 11.6 Å². The Bertz CT molecular complexity index is 2040. The average molecular weight is 832 g/mol. The molecule has 1 aromatic carbocycles. The topological polar surface area (TPSA) is 182 Å². The van der Waals surface area contributed by atoms with Crippen molar-refractivity contribution in [2.75, 3.05) is 13.7 Å². The van der Waals surface area contributed by atoms with Crippen LogP contribution in [0.3, 0.4) is 0 Å². The van der Waals surface area contributed by atoms with E-state index in [-0.39, 0.29) is 25.0 Å². The quantitative estimate of drug-likeness (QED) is 0.343. The number of fused-ring (bicyclic) bond motifs is 5. The second-order valence-corrected chi connectivity index (χ2v) is 19.9. The lowest BCUT2D eigenvalue weighted by Gasteiger charge is -2.35. The predicted molar refractivity (Wildman–Crippen MR) is 209 cm³/mol. The van der Waals surface area contributed by atoms with E-state index in [1.165, 1.54) is 4.90 Å². The SMILES string of the molecule is COc1ccc2cc3c(nc2c1)O[C@@H]1C[C@@H](C(=O)N[C@]2(C(=O)NS(=O)(=O)C4CC4)C[C@H]2C(F)F)N(C1)C(=O)[C@H](C(C)(C)C)NC(=O)O[C@@H]1CC[C@H](C)[C@H]1CCCCC3. The maximum atomic E-state index is 14.7. The van der Waals surface area contributed by atoms with E-state index in [4.69, 9.17) is 19.2 Å². The van der Waals surface area contributed by atoms with Crippen LogP contribution in [-0.2, 0) is 35.6 Å². The van der Waals surface area contributed by atoms with E-state index in [0.717, 1.165) is 43.1 Å². The van der Waals surface area contributed by atoms with Crippen LogP contribution in [0.5, 0.6) is 11.6 Å². The highest BCUT2D eigenvalue weighted by Gasteiger charge is 2.67. The Morgan fingerprint density at radius 1 is 1.05 bits per heavy atom. The molecule has 3 heterocycles. The molecule has 1 saturated heterocycles. The molecule has 4 amide bonds. The highest BCUT2D eigenvalue weighted by atomic mass is 32.2. The number of carbonyl (C=O) groups excluding carboxylic acids is 4. The van der Waals surface area contributed by atoms with Gasteiger partial charge in [0.05, 0.1) is 30.3 Å². The van der Waals surface area contributed by atoms with E-state index in [0.29, 0.717) is 48.7 Å². The first-order valence-corrected chi connectivity index (χ1v) is 22.0. The first kappa shape index (κ1) is 41.9. The van der Waals surface area contributed by atoms with Crippen LogP contribution < -0.4 is 24.8 Å². The molecule has 3 N–H and O–H groups in total. The third kappa shape index (κ3) is 8.69. The van der Waals surface area contributed by atoms with Gasteiger partial charge in [0.25, 0.3) is 5.91 Å². The number of pyridine rings is 1. The summed E-state index contributed by atoms with van der Waals surface area (Å²) in [5.74, 6) is -3.04. The van der Waals surface area contributed by atoms with Crippen molar-refractivity contribution in [2.24, 2.45) is 23.2 Å². The predicted octanol–water partition coefficient (Wildman–Crippen LogP) is 5.01. The van der Waals surface area contributed by atoms with E-state index < -0.39 is 87.0 Å². The maximum absolute atomic E-state index is 14.7. The normalized spacial score (nSPS) is 30.9. The number of nitrogens with zero attached hydrogens (tertiary/aromatic N) is 2. The van der Waals surface area contributed by atoms with Gasteiger partial charge < -0.3 is 29.7 Å². The average Bonchev–Trinajstić information content (AvgIpc) is 4.07. The Morgan fingerprint density at radius 2 is 1.81 bits per heavy atom. The number of halogens is 2. The fourth-order valence-corrected chi connectivity index (χ4v) is 10.3. The van der Waals surface area contributed by atoms with Crippen LogP contribution in [0.25, 0.3) is 10.9 Å². The van der Waals surface area contributed by atoms with Gasteiger partial charge in [0.2, 0.25) is 34.1 Å². The van der Waals surface area contributed by atoms with Gasteiger partial charge in [-0.1, -0.05) is 40.5 Å². The molecular formula is C41H55F2N5O9S. The minimum Gasteiger partial charge on any atom is -0.497 e. The molecule has 3 aliphatic carbocycles. The Morgan fingerprint density at radius 3 is 2.48 bits per heavy atom. The zero-order chi connectivity index (χ0) is 41.7. The number of methoxy groups -OCH3 is 1. The fraction of sp³-hybridized carbons (Fsp3) is 0.683. The van der Waals surface area contributed by atoms with Crippen molar-refractivity contribution < 1.29 is 50.6 Å². The number of carbonyl (C=O) groups is 4. The molecular weight excluding hydrogens is 777 g/mol. The number of benzene rings is 1. The third-order valence-electron chi connectivity index (χ3n) is 12.7. The first-order chi connectivity index (χ1) is 27.4. The Hall–Kier alpha value is -4.28. The largest absolute Gasteiger partial charge is 0.497 e. The van der Waals surface area contributed by atoms with Gasteiger partial charge in [-0.15, -0.1) is 0 Å². The number of hydrogen-bond donors (Lipinski definition) is 3. The number of nitrogens with one attached hydrogen (secondary N) is 3. The fourth-order valence-electron chi connectivity index (χ4n) is 8.97. The van der Waals surface area contributed by atoms with Crippen LogP contribution >= 0.6 is 0 Å². The van der Waals surface area contributed by atoms with Crippen LogP contribution in [0.4, 0.5) is 13.6 Å². The summed E-state index contributed by atoms with van der Waals surface area (Å²) in [7, 11) is -2.57. The molecule has 14 nitrogen and oxygen atoms in total. The number of aryl methyl sites for hydroxylation is 1. The van der Waals surface area contributed by atoms with Gasteiger partial charge in [-0.05, 0) is 86.8 Å². The number of aromatic nitrogens is 1. The lowest BCUT2D eigenvalue weighted by molar-refractivity contribution is -0.143. The summed E-state index contributed by atoms with van der Waals surface area (Å²) < 4.78 is 73.8. The highest BCUT2D eigenvalue weighted by Crippen LogP contribution is 2.48. The van der Waals surface area contributed by atoms with Crippen LogP contribution in [0.15, 0.2) is 24.3 Å². The molecule has 2 aliphatic heterocycles. The Balaban J connectivity index is 1.24. The molecule has 7 rings (SSSR count). The van der Waals surface area contributed by atoms with E-state index in [1.54, 1.807) is 33.9 Å². The van der Waals surface area contributed by atoms with Gasteiger partial charge in [0.1, 0.15) is 35.6 Å². The van der Waals surface area contributed by atoms with E-state index in [2.05, 4.69) is 17.6 Å². The summed E-state index contributed by atoms with van der Waals surface area (Å²) in [4.78, 5) is 62.3. The van der Waals surface area contributed by atoms with E-state index in [1.807, 2.05) is 22.9 Å². The zero-order valence-corrected chi connectivity index (χ0v) is 34.5. The maximum Gasteiger partial charge on any atom is 0.408 e. The monoisotopic (exact) mass is 831 g/mol.